The van der Waals surface area contributed by atoms with E-state index >= 15 is 0 Å². The molecule has 2 heterocycles. The van der Waals surface area contributed by atoms with Crippen LogP contribution in [0.4, 0.5) is 5.69 Å². The molecule has 0 aliphatic heterocycles. The first-order chi connectivity index (χ1) is 13.2. The van der Waals surface area contributed by atoms with Crippen LogP contribution in [0, 0.1) is 0 Å². The molecule has 0 amide bonds. The SMILES string of the molecule is COc1ccc(-c2nc3ccccn3c2Cc2ccc(N(C)C)cc2)cc1. The summed E-state index contributed by atoms with van der Waals surface area (Å²) in [6.07, 6.45) is 2.90. The number of methoxy groups -OCH3 is 1. The van der Waals surface area contributed by atoms with Gasteiger partial charge in [-0.25, -0.2) is 4.98 Å². The molecule has 0 aliphatic carbocycles. The number of aromatic nitrogens is 2. The summed E-state index contributed by atoms with van der Waals surface area (Å²) in [6.45, 7) is 0. The third kappa shape index (κ3) is 3.38. The third-order valence-corrected chi connectivity index (χ3v) is 4.82. The number of rotatable bonds is 5. The van der Waals surface area contributed by atoms with Crippen LogP contribution >= 0.6 is 0 Å². The highest BCUT2D eigenvalue weighted by Gasteiger charge is 2.14. The quantitative estimate of drug-likeness (QED) is 0.520. The lowest BCUT2D eigenvalue weighted by Gasteiger charge is -2.13. The average Bonchev–Trinajstić information content (AvgIpc) is 3.07. The predicted octanol–water partition coefficient (Wildman–Crippen LogP) is 4.67. The fourth-order valence-corrected chi connectivity index (χ4v) is 3.30. The second-order valence-electron chi connectivity index (χ2n) is 6.80. The van der Waals surface area contributed by atoms with Crippen molar-refractivity contribution < 1.29 is 4.74 Å². The fraction of sp³-hybridized carbons (Fsp3) is 0.174. The molecule has 2 aromatic heterocycles. The molecule has 0 aliphatic rings. The normalized spacial score (nSPS) is 10.9. The highest BCUT2D eigenvalue weighted by Crippen LogP contribution is 2.28. The fourth-order valence-electron chi connectivity index (χ4n) is 3.30. The molecule has 0 bridgehead atoms. The van der Waals surface area contributed by atoms with Crippen LogP contribution < -0.4 is 9.64 Å². The van der Waals surface area contributed by atoms with E-state index in [2.05, 4.69) is 66.0 Å². The highest BCUT2D eigenvalue weighted by molar-refractivity contribution is 5.68. The van der Waals surface area contributed by atoms with Gasteiger partial charge in [0.05, 0.1) is 18.5 Å². The van der Waals surface area contributed by atoms with Gasteiger partial charge in [-0.3, -0.25) is 0 Å². The van der Waals surface area contributed by atoms with Crippen molar-refractivity contribution in [1.82, 2.24) is 9.38 Å². The predicted molar refractivity (Wildman–Crippen MR) is 111 cm³/mol. The lowest BCUT2D eigenvalue weighted by molar-refractivity contribution is 0.415. The molecule has 0 radical (unpaired) electrons. The summed E-state index contributed by atoms with van der Waals surface area (Å²) in [7, 11) is 5.80. The Hall–Kier alpha value is -3.27. The van der Waals surface area contributed by atoms with Gasteiger partial charge < -0.3 is 14.0 Å². The van der Waals surface area contributed by atoms with E-state index in [1.54, 1.807) is 7.11 Å². The highest BCUT2D eigenvalue weighted by atomic mass is 16.5. The molecule has 4 nitrogen and oxygen atoms in total. The van der Waals surface area contributed by atoms with E-state index in [1.807, 2.05) is 30.3 Å². The zero-order chi connectivity index (χ0) is 18.8. The number of imidazole rings is 1. The number of hydrogen-bond donors (Lipinski definition) is 0. The van der Waals surface area contributed by atoms with Gasteiger partial charge in [-0.1, -0.05) is 18.2 Å². The second-order valence-corrected chi connectivity index (χ2v) is 6.80. The Morgan fingerprint density at radius 2 is 1.67 bits per heavy atom. The van der Waals surface area contributed by atoms with Gasteiger partial charge in [0.2, 0.25) is 0 Å². The average molecular weight is 357 g/mol. The number of hydrogen-bond acceptors (Lipinski definition) is 3. The van der Waals surface area contributed by atoms with Crippen molar-refractivity contribution in [1.29, 1.82) is 0 Å². The minimum Gasteiger partial charge on any atom is -0.497 e. The Morgan fingerprint density at radius 1 is 0.926 bits per heavy atom. The van der Waals surface area contributed by atoms with E-state index in [4.69, 9.17) is 9.72 Å². The topological polar surface area (TPSA) is 29.8 Å². The molecule has 0 N–H and O–H groups in total. The van der Waals surface area contributed by atoms with Gasteiger partial charge in [0.15, 0.2) is 0 Å². The van der Waals surface area contributed by atoms with Gasteiger partial charge in [0.1, 0.15) is 11.4 Å². The first-order valence-corrected chi connectivity index (χ1v) is 9.02. The molecule has 0 unspecified atom stereocenters. The van der Waals surface area contributed by atoms with E-state index in [0.29, 0.717) is 0 Å². The van der Waals surface area contributed by atoms with Crippen molar-refractivity contribution in [3.8, 4) is 17.0 Å². The minimum atomic E-state index is 0.820. The van der Waals surface area contributed by atoms with Gasteiger partial charge in [-0.15, -0.1) is 0 Å². The number of nitrogens with zero attached hydrogens (tertiary/aromatic N) is 3. The molecule has 0 saturated heterocycles. The summed E-state index contributed by atoms with van der Waals surface area (Å²) >= 11 is 0. The Balaban J connectivity index is 1.77. The molecule has 136 valence electrons. The van der Waals surface area contributed by atoms with Crippen LogP contribution in [0.25, 0.3) is 16.9 Å². The van der Waals surface area contributed by atoms with E-state index < -0.39 is 0 Å². The number of anilines is 1. The summed E-state index contributed by atoms with van der Waals surface area (Å²) in [5, 5.41) is 0. The summed E-state index contributed by atoms with van der Waals surface area (Å²) in [5.41, 5.74) is 6.73. The van der Waals surface area contributed by atoms with Crippen molar-refractivity contribution in [2.24, 2.45) is 0 Å². The lowest BCUT2D eigenvalue weighted by Crippen LogP contribution is -2.08. The Kier molecular flexibility index (Phi) is 4.55. The maximum Gasteiger partial charge on any atom is 0.137 e. The molecular weight excluding hydrogens is 334 g/mol. The van der Waals surface area contributed by atoms with Crippen molar-refractivity contribution in [2.45, 2.75) is 6.42 Å². The summed E-state index contributed by atoms with van der Waals surface area (Å²) in [6, 6.07) is 22.9. The zero-order valence-electron chi connectivity index (χ0n) is 15.9. The monoisotopic (exact) mass is 357 g/mol. The van der Waals surface area contributed by atoms with Crippen molar-refractivity contribution in [3.05, 3.63) is 84.2 Å². The first-order valence-electron chi connectivity index (χ1n) is 9.02. The lowest BCUT2D eigenvalue weighted by atomic mass is 10.0. The molecule has 4 rings (SSSR count). The van der Waals surface area contributed by atoms with E-state index in [1.165, 1.54) is 16.9 Å². The number of ether oxygens (including phenoxy) is 1. The van der Waals surface area contributed by atoms with Gasteiger partial charge in [0, 0.05) is 38.0 Å². The molecule has 27 heavy (non-hydrogen) atoms. The standard InChI is InChI=1S/C23H23N3O/c1-25(2)19-11-7-17(8-12-19)16-21-23(18-9-13-20(27-3)14-10-18)24-22-6-4-5-15-26(21)22/h4-15H,16H2,1-3H3. The second kappa shape index (κ2) is 7.16. The maximum absolute atomic E-state index is 5.29. The van der Waals surface area contributed by atoms with Crippen molar-refractivity contribution >= 4 is 11.3 Å². The summed E-state index contributed by atoms with van der Waals surface area (Å²) in [5.74, 6) is 0.850. The van der Waals surface area contributed by atoms with Crippen LogP contribution in [0.2, 0.25) is 0 Å². The zero-order valence-corrected chi connectivity index (χ0v) is 15.9. The van der Waals surface area contributed by atoms with Crippen LogP contribution in [0.15, 0.2) is 72.9 Å². The Bertz CT molecular complexity index is 1050. The molecular formula is C23H23N3O. The maximum atomic E-state index is 5.29. The van der Waals surface area contributed by atoms with E-state index in [9.17, 15) is 0 Å². The Morgan fingerprint density at radius 3 is 2.33 bits per heavy atom. The van der Waals surface area contributed by atoms with Gasteiger partial charge in [-0.2, -0.15) is 0 Å². The van der Waals surface area contributed by atoms with Crippen LogP contribution in [-0.2, 0) is 6.42 Å². The first kappa shape index (κ1) is 17.2. The summed E-state index contributed by atoms with van der Waals surface area (Å²) in [4.78, 5) is 7.01. The van der Waals surface area contributed by atoms with Crippen LogP contribution in [0.3, 0.4) is 0 Å². The molecule has 0 atom stereocenters. The smallest absolute Gasteiger partial charge is 0.137 e. The molecule has 4 heteroatoms. The largest absolute Gasteiger partial charge is 0.497 e. The Labute approximate surface area is 159 Å². The molecule has 0 saturated carbocycles. The van der Waals surface area contributed by atoms with Crippen LogP contribution in [0.5, 0.6) is 5.75 Å². The van der Waals surface area contributed by atoms with Gasteiger partial charge >= 0.3 is 0 Å². The van der Waals surface area contributed by atoms with Crippen molar-refractivity contribution in [3.63, 3.8) is 0 Å². The van der Waals surface area contributed by atoms with Crippen LogP contribution in [-0.4, -0.2) is 30.6 Å². The van der Waals surface area contributed by atoms with Crippen LogP contribution in [0.1, 0.15) is 11.3 Å². The van der Waals surface area contributed by atoms with E-state index in [0.717, 1.165) is 29.1 Å². The third-order valence-electron chi connectivity index (χ3n) is 4.82. The van der Waals surface area contributed by atoms with Gasteiger partial charge in [0.25, 0.3) is 0 Å². The molecule has 0 fully saturated rings. The number of benzene rings is 2. The van der Waals surface area contributed by atoms with E-state index in [-0.39, 0.29) is 0 Å². The molecule has 4 aromatic rings. The molecule has 2 aromatic carbocycles. The van der Waals surface area contributed by atoms with Crippen molar-refractivity contribution in [2.75, 3.05) is 26.1 Å². The van der Waals surface area contributed by atoms with Gasteiger partial charge in [-0.05, 0) is 54.1 Å². The minimum absolute atomic E-state index is 0.820. The number of pyridine rings is 1. The number of fused-ring (bicyclic) bond motifs is 1. The summed E-state index contributed by atoms with van der Waals surface area (Å²) < 4.78 is 7.47. The molecule has 0 spiro atoms.